The summed E-state index contributed by atoms with van der Waals surface area (Å²) >= 11 is 0. The summed E-state index contributed by atoms with van der Waals surface area (Å²) in [5, 5.41) is 12.5. The van der Waals surface area contributed by atoms with E-state index in [1.54, 1.807) is 7.11 Å². The lowest BCUT2D eigenvalue weighted by Gasteiger charge is -2.35. The largest absolute Gasteiger partial charge is 0.495 e. The van der Waals surface area contributed by atoms with Gasteiger partial charge in [-0.1, -0.05) is 6.07 Å². The maximum atomic E-state index is 9.15. The first-order valence-corrected chi connectivity index (χ1v) is 5.98. The van der Waals surface area contributed by atoms with Gasteiger partial charge >= 0.3 is 0 Å². The van der Waals surface area contributed by atoms with Gasteiger partial charge in [0.25, 0.3) is 0 Å². The number of nitrogens with zero attached hydrogens (tertiary/aromatic N) is 1. The van der Waals surface area contributed by atoms with E-state index in [9.17, 15) is 0 Å². The van der Waals surface area contributed by atoms with Crippen molar-refractivity contribution in [3.05, 3.63) is 23.3 Å². The minimum absolute atomic E-state index is 0.387. The molecule has 96 valence electrons. The van der Waals surface area contributed by atoms with Crippen LogP contribution in [0.4, 0.5) is 5.69 Å². The number of aryl methyl sites for hydroxylation is 2. The van der Waals surface area contributed by atoms with Gasteiger partial charge in [-0.25, -0.2) is 0 Å². The van der Waals surface area contributed by atoms with Crippen LogP contribution in [0.2, 0.25) is 0 Å². The van der Waals surface area contributed by atoms with Crippen LogP contribution in [0.1, 0.15) is 11.1 Å². The minimum Gasteiger partial charge on any atom is -0.495 e. The van der Waals surface area contributed by atoms with Gasteiger partial charge in [0.05, 0.1) is 32.1 Å². The van der Waals surface area contributed by atoms with Crippen LogP contribution in [0.25, 0.3) is 0 Å². The maximum Gasteiger partial charge on any atom is 0.142 e. The van der Waals surface area contributed by atoms with E-state index in [0.717, 1.165) is 22.6 Å². The molecular weight excluding hydrogens is 228 g/mol. The summed E-state index contributed by atoms with van der Waals surface area (Å²) in [5.74, 6) is 0.820. The number of hydrogen-bond donors (Lipinski definition) is 1. The number of methoxy groups -OCH3 is 1. The standard InChI is InChI=1S/C14H18N2O2/c1-10-4-11(2)13(12(5-10)17-3)16-7-14(6-15)8-18-9-14/h4-5,16H,7-9H2,1-3H3. The summed E-state index contributed by atoms with van der Waals surface area (Å²) in [7, 11) is 1.66. The van der Waals surface area contributed by atoms with Crippen LogP contribution in [0, 0.1) is 30.6 Å². The van der Waals surface area contributed by atoms with E-state index in [4.69, 9.17) is 14.7 Å². The van der Waals surface area contributed by atoms with Gasteiger partial charge in [-0.2, -0.15) is 5.26 Å². The van der Waals surface area contributed by atoms with E-state index in [-0.39, 0.29) is 5.41 Å². The fourth-order valence-electron chi connectivity index (χ4n) is 2.13. The zero-order valence-electron chi connectivity index (χ0n) is 11.0. The monoisotopic (exact) mass is 246 g/mol. The number of nitriles is 1. The average Bonchev–Trinajstić information content (AvgIpc) is 2.29. The van der Waals surface area contributed by atoms with E-state index in [1.807, 2.05) is 19.9 Å². The fraction of sp³-hybridized carbons (Fsp3) is 0.500. The summed E-state index contributed by atoms with van der Waals surface area (Å²) in [6.45, 7) is 5.67. The zero-order valence-corrected chi connectivity index (χ0v) is 11.0. The van der Waals surface area contributed by atoms with Crippen LogP contribution in [0.15, 0.2) is 12.1 Å². The van der Waals surface area contributed by atoms with Gasteiger partial charge in [-0.3, -0.25) is 0 Å². The van der Waals surface area contributed by atoms with Gasteiger partial charge in [0.15, 0.2) is 0 Å². The Kier molecular flexibility index (Phi) is 3.44. The molecule has 0 radical (unpaired) electrons. The molecule has 1 fully saturated rings. The Balaban J connectivity index is 2.16. The predicted molar refractivity (Wildman–Crippen MR) is 69.8 cm³/mol. The van der Waals surface area contributed by atoms with E-state index in [0.29, 0.717) is 19.8 Å². The highest BCUT2D eigenvalue weighted by Gasteiger charge is 2.39. The first-order chi connectivity index (χ1) is 8.60. The number of hydrogen-bond acceptors (Lipinski definition) is 4. The second-order valence-electron chi connectivity index (χ2n) is 4.90. The van der Waals surface area contributed by atoms with Crippen molar-refractivity contribution in [2.24, 2.45) is 5.41 Å². The Morgan fingerprint density at radius 3 is 2.67 bits per heavy atom. The van der Waals surface area contributed by atoms with Crippen LogP contribution >= 0.6 is 0 Å². The molecule has 1 saturated heterocycles. The summed E-state index contributed by atoms with van der Waals surface area (Å²) in [5.41, 5.74) is 2.86. The lowest BCUT2D eigenvalue weighted by molar-refractivity contribution is -0.0690. The van der Waals surface area contributed by atoms with Gasteiger partial charge in [0.1, 0.15) is 11.2 Å². The molecule has 0 saturated carbocycles. The van der Waals surface area contributed by atoms with Crippen molar-refractivity contribution >= 4 is 5.69 Å². The van der Waals surface area contributed by atoms with E-state index >= 15 is 0 Å². The van der Waals surface area contributed by atoms with Gasteiger partial charge in [0.2, 0.25) is 0 Å². The fourth-order valence-corrected chi connectivity index (χ4v) is 2.13. The highest BCUT2D eigenvalue weighted by molar-refractivity contribution is 5.63. The van der Waals surface area contributed by atoms with Gasteiger partial charge < -0.3 is 14.8 Å². The summed E-state index contributed by atoms with van der Waals surface area (Å²) in [6.07, 6.45) is 0. The van der Waals surface area contributed by atoms with Crippen molar-refractivity contribution < 1.29 is 9.47 Å². The third-order valence-electron chi connectivity index (χ3n) is 3.26. The van der Waals surface area contributed by atoms with Crippen molar-refractivity contribution in [1.82, 2.24) is 0 Å². The van der Waals surface area contributed by atoms with E-state index in [2.05, 4.69) is 17.5 Å². The smallest absolute Gasteiger partial charge is 0.142 e. The lowest BCUT2D eigenvalue weighted by Crippen LogP contribution is -2.46. The second-order valence-corrected chi connectivity index (χ2v) is 4.90. The molecule has 1 N–H and O–H groups in total. The number of benzene rings is 1. The van der Waals surface area contributed by atoms with Crippen molar-refractivity contribution in [3.8, 4) is 11.8 Å². The molecule has 0 bridgehead atoms. The SMILES string of the molecule is COc1cc(C)cc(C)c1NCC1(C#N)COC1. The molecule has 0 unspecified atom stereocenters. The molecule has 4 heteroatoms. The number of nitrogens with one attached hydrogen (secondary N) is 1. The Labute approximate surface area is 108 Å². The molecule has 1 aromatic rings. The summed E-state index contributed by atoms with van der Waals surface area (Å²) in [4.78, 5) is 0. The maximum absolute atomic E-state index is 9.15. The van der Waals surface area contributed by atoms with Crippen molar-refractivity contribution in [1.29, 1.82) is 5.26 Å². The van der Waals surface area contributed by atoms with Crippen molar-refractivity contribution in [2.75, 3.05) is 32.2 Å². The highest BCUT2D eigenvalue weighted by atomic mass is 16.5. The highest BCUT2D eigenvalue weighted by Crippen LogP contribution is 2.32. The number of ether oxygens (including phenoxy) is 2. The molecule has 1 aliphatic heterocycles. The van der Waals surface area contributed by atoms with Crippen LogP contribution in [0.5, 0.6) is 5.75 Å². The number of anilines is 1. The van der Waals surface area contributed by atoms with Crippen LogP contribution in [-0.2, 0) is 4.74 Å². The molecule has 0 aliphatic carbocycles. The molecule has 2 rings (SSSR count). The molecule has 1 aromatic carbocycles. The van der Waals surface area contributed by atoms with Gasteiger partial charge in [-0.05, 0) is 31.0 Å². The number of rotatable bonds is 4. The molecular formula is C14H18N2O2. The Bertz CT molecular complexity index is 487. The molecule has 1 heterocycles. The van der Waals surface area contributed by atoms with Gasteiger partial charge in [0, 0.05) is 6.54 Å². The van der Waals surface area contributed by atoms with Crippen molar-refractivity contribution in [2.45, 2.75) is 13.8 Å². The minimum atomic E-state index is -0.387. The normalized spacial score (nSPS) is 16.6. The molecule has 18 heavy (non-hydrogen) atoms. The van der Waals surface area contributed by atoms with Crippen molar-refractivity contribution in [3.63, 3.8) is 0 Å². The Morgan fingerprint density at radius 2 is 2.17 bits per heavy atom. The summed E-state index contributed by atoms with van der Waals surface area (Å²) < 4.78 is 10.5. The van der Waals surface area contributed by atoms with Crippen LogP contribution in [-0.4, -0.2) is 26.9 Å². The van der Waals surface area contributed by atoms with Crippen LogP contribution in [0.3, 0.4) is 0 Å². The average molecular weight is 246 g/mol. The molecule has 0 atom stereocenters. The first kappa shape index (κ1) is 12.7. The molecule has 0 aromatic heterocycles. The third kappa shape index (κ3) is 2.27. The Hall–Kier alpha value is -1.73. The van der Waals surface area contributed by atoms with Gasteiger partial charge in [-0.15, -0.1) is 0 Å². The second kappa shape index (κ2) is 4.87. The zero-order chi connectivity index (χ0) is 13.2. The predicted octanol–water partition coefficient (Wildman–Crippen LogP) is 2.26. The van der Waals surface area contributed by atoms with E-state index < -0.39 is 0 Å². The topological polar surface area (TPSA) is 54.3 Å². The molecule has 0 amide bonds. The quantitative estimate of drug-likeness (QED) is 0.885. The Morgan fingerprint density at radius 1 is 1.44 bits per heavy atom. The summed E-state index contributed by atoms with van der Waals surface area (Å²) in [6, 6.07) is 6.42. The molecule has 4 nitrogen and oxygen atoms in total. The first-order valence-electron chi connectivity index (χ1n) is 5.98. The molecule has 0 spiro atoms. The van der Waals surface area contributed by atoms with Crippen LogP contribution < -0.4 is 10.1 Å². The third-order valence-corrected chi connectivity index (χ3v) is 3.26. The molecule has 1 aliphatic rings. The lowest BCUT2D eigenvalue weighted by atomic mass is 9.88. The van der Waals surface area contributed by atoms with E-state index in [1.165, 1.54) is 0 Å².